The lowest BCUT2D eigenvalue weighted by Gasteiger charge is -2.12. The molecule has 1 aromatic carbocycles. The third-order valence-electron chi connectivity index (χ3n) is 2.21. The van der Waals surface area contributed by atoms with E-state index in [1.54, 1.807) is 0 Å². The quantitative estimate of drug-likeness (QED) is 0.751. The molecular formula is C11H15NO. The van der Waals surface area contributed by atoms with Gasteiger partial charge < -0.3 is 5.73 Å². The lowest BCUT2D eigenvalue weighted by atomic mass is 9.93. The third-order valence-corrected chi connectivity index (χ3v) is 2.21. The van der Waals surface area contributed by atoms with Crippen LogP contribution in [0.4, 0.5) is 0 Å². The molecular weight excluding hydrogens is 162 g/mol. The molecule has 0 radical (unpaired) electrons. The van der Waals surface area contributed by atoms with Crippen LogP contribution in [0.2, 0.25) is 0 Å². The van der Waals surface area contributed by atoms with Crippen LogP contribution in [0.25, 0.3) is 0 Å². The zero-order valence-electron chi connectivity index (χ0n) is 7.86. The Balaban J connectivity index is 2.73. The molecule has 0 aliphatic carbocycles. The van der Waals surface area contributed by atoms with Gasteiger partial charge >= 0.3 is 0 Å². The normalized spacial score (nSPS) is 12.4. The van der Waals surface area contributed by atoms with Crippen molar-refractivity contribution in [3.8, 4) is 0 Å². The Kier molecular flexibility index (Phi) is 3.50. The molecule has 0 unspecified atom stereocenters. The topological polar surface area (TPSA) is 43.1 Å². The molecule has 0 heterocycles. The van der Waals surface area contributed by atoms with Crippen LogP contribution in [-0.2, 0) is 4.79 Å². The van der Waals surface area contributed by atoms with Gasteiger partial charge in [0.1, 0.15) is 0 Å². The fourth-order valence-electron chi connectivity index (χ4n) is 1.47. The van der Waals surface area contributed by atoms with E-state index in [9.17, 15) is 4.79 Å². The summed E-state index contributed by atoms with van der Waals surface area (Å²) in [6, 6.07) is 10.0. The van der Waals surface area contributed by atoms with Gasteiger partial charge in [0.2, 0.25) is 5.91 Å². The van der Waals surface area contributed by atoms with E-state index < -0.39 is 0 Å². The van der Waals surface area contributed by atoms with Crippen LogP contribution in [0.5, 0.6) is 0 Å². The van der Waals surface area contributed by atoms with Crippen molar-refractivity contribution in [3.05, 3.63) is 35.9 Å². The predicted molar refractivity (Wildman–Crippen MR) is 53.3 cm³/mol. The van der Waals surface area contributed by atoms with E-state index in [0.29, 0.717) is 6.42 Å². The Labute approximate surface area is 78.8 Å². The monoisotopic (exact) mass is 177 g/mol. The zero-order chi connectivity index (χ0) is 9.68. The Morgan fingerprint density at radius 1 is 1.38 bits per heavy atom. The van der Waals surface area contributed by atoms with Crippen LogP contribution < -0.4 is 5.73 Å². The van der Waals surface area contributed by atoms with Gasteiger partial charge in [-0.3, -0.25) is 4.79 Å². The van der Waals surface area contributed by atoms with Crippen molar-refractivity contribution in [1.29, 1.82) is 0 Å². The van der Waals surface area contributed by atoms with Crippen molar-refractivity contribution in [1.82, 2.24) is 0 Å². The van der Waals surface area contributed by atoms with Gasteiger partial charge in [-0.15, -0.1) is 0 Å². The molecule has 2 heteroatoms. The molecule has 70 valence electrons. The molecule has 0 aliphatic heterocycles. The van der Waals surface area contributed by atoms with Gasteiger partial charge in [0, 0.05) is 6.42 Å². The number of benzene rings is 1. The second-order valence-corrected chi connectivity index (χ2v) is 3.19. The minimum atomic E-state index is -0.226. The first-order chi connectivity index (χ1) is 6.24. The second-order valence-electron chi connectivity index (χ2n) is 3.19. The van der Waals surface area contributed by atoms with Crippen LogP contribution in [0.1, 0.15) is 31.2 Å². The lowest BCUT2D eigenvalue weighted by molar-refractivity contribution is -0.118. The summed E-state index contributed by atoms with van der Waals surface area (Å²) in [4.78, 5) is 10.8. The van der Waals surface area contributed by atoms with Crippen molar-refractivity contribution in [2.24, 2.45) is 5.73 Å². The molecule has 0 aromatic heterocycles. The minimum absolute atomic E-state index is 0.226. The highest BCUT2D eigenvalue weighted by molar-refractivity contribution is 5.74. The van der Waals surface area contributed by atoms with Crippen LogP contribution in [-0.4, -0.2) is 5.91 Å². The van der Waals surface area contributed by atoms with E-state index in [-0.39, 0.29) is 11.8 Å². The van der Waals surface area contributed by atoms with E-state index in [0.717, 1.165) is 6.42 Å². The van der Waals surface area contributed by atoms with Gasteiger partial charge in [-0.25, -0.2) is 0 Å². The van der Waals surface area contributed by atoms with Crippen LogP contribution in [0.15, 0.2) is 30.3 Å². The number of rotatable bonds is 4. The van der Waals surface area contributed by atoms with Gasteiger partial charge in [0.25, 0.3) is 0 Å². The Hall–Kier alpha value is -1.31. The number of hydrogen-bond acceptors (Lipinski definition) is 1. The number of carbonyl (C=O) groups is 1. The minimum Gasteiger partial charge on any atom is -0.370 e. The van der Waals surface area contributed by atoms with E-state index in [1.807, 2.05) is 30.3 Å². The summed E-state index contributed by atoms with van der Waals surface area (Å²) in [5.41, 5.74) is 6.37. The Morgan fingerprint density at radius 2 is 2.00 bits per heavy atom. The number of hydrogen-bond donors (Lipinski definition) is 1. The van der Waals surface area contributed by atoms with Crippen molar-refractivity contribution in [2.45, 2.75) is 25.7 Å². The molecule has 1 aromatic rings. The van der Waals surface area contributed by atoms with Crippen molar-refractivity contribution in [2.75, 3.05) is 0 Å². The second kappa shape index (κ2) is 4.65. The number of primary amides is 1. The summed E-state index contributed by atoms with van der Waals surface area (Å²) in [7, 11) is 0. The summed E-state index contributed by atoms with van der Waals surface area (Å²) >= 11 is 0. The molecule has 13 heavy (non-hydrogen) atoms. The Morgan fingerprint density at radius 3 is 2.46 bits per heavy atom. The molecule has 1 rings (SSSR count). The fraction of sp³-hybridized carbons (Fsp3) is 0.364. The van der Waals surface area contributed by atoms with Crippen molar-refractivity contribution in [3.63, 3.8) is 0 Å². The zero-order valence-corrected chi connectivity index (χ0v) is 7.86. The van der Waals surface area contributed by atoms with Crippen LogP contribution in [0.3, 0.4) is 0 Å². The largest absolute Gasteiger partial charge is 0.370 e. The maximum absolute atomic E-state index is 10.8. The summed E-state index contributed by atoms with van der Waals surface area (Å²) in [6.45, 7) is 2.07. The summed E-state index contributed by atoms with van der Waals surface area (Å²) in [5, 5.41) is 0. The summed E-state index contributed by atoms with van der Waals surface area (Å²) < 4.78 is 0. The molecule has 0 bridgehead atoms. The van der Waals surface area contributed by atoms with E-state index in [4.69, 9.17) is 5.73 Å². The van der Waals surface area contributed by atoms with E-state index >= 15 is 0 Å². The van der Waals surface area contributed by atoms with Crippen molar-refractivity contribution < 1.29 is 4.79 Å². The number of carbonyl (C=O) groups excluding carboxylic acids is 1. The molecule has 0 spiro atoms. The first kappa shape index (κ1) is 9.78. The van der Waals surface area contributed by atoms with E-state index in [1.165, 1.54) is 5.56 Å². The third kappa shape index (κ3) is 2.90. The molecule has 0 saturated heterocycles. The average Bonchev–Trinajstić information content (AvgIpc) is 2.15. The molecule has 1 amide bonds. The molecule has 2 nitrogen and oxygen atoms in total. The molecule has 0 aliphatic rings. The summed E-state index contributed by atoms with van der Waals surface area (Å²) in [5.74, 6) is 0.0504. The first-order valence-electron chi connectivity index (χ1n) is 4.57. The van der Waals surface area contributed by atoms with Crippen molar-refractivity contribution >= 4 is 5.91 Å². The van der Waals surface area contributed by atoms with Gasteiger partial charge in [-0.2, -0.15) is 0 Å². The molecule has 0 fully saturated rings. The highest BCUT2D eigenvalue weighted by Gasteiger charge is 2.11. The SMILES string of the molecule is CC[C@@H](CC(N)=O)c1ccccc1. The maximum atomic E-state index is 10.8. The van der Waals surface area contributed by atoms with Crippen LogP contribution in [0, 0.1) is 0 Å². The lowest BCUT2D eigenvalue weighted by Crippen LogP contribution is -2.14. The Bertz CT molecular complexity index is 269. The summed E-state index contributed by atoms with van der Waals surface area (Å²) in [6.07, 6.45) is 1.40. The van der Waals surface area contributed by atoms with Gasteiger partial charge in [-0.05, 0) is 17.9 Å². The van der Waals surface area contributed by atoms with Gasteiger partial charge in [-0.1, -0.05) is 37.3 Å². The van der Waals surface area contributed by atoms with Gasteiger partial charge in [0.05, 0.1) is 0 Å². The molecule has 2 N–H and O–H groups in total. The standard InChI is InChI=1S/C11H15NO/c1-2-9(8-11(12)13)10-6-4-3-5-7-10/h3-7,9H,2,8H2,1H3,(H2,12,13)/t9-/m0/s1. The highest BCUT2D eigenvalue weighted by atomic mass is 16.1. The number of nitrogens with two attached hydrogens (primary N) is 1. The molecule has 1 atom stereocenters. The number of amides is 1. The first-order valence-corrected chi connectivity index (χ1v) is 4.57. The maximum Gasteiger partial charge on any atom is 0.218 e. The van der Waals surface area contributed by atoms with E-state index in [2.05, 4.69) is 6.92 Å². The average molecular weight is 177 g/mol. The highest BCUT2D eigenvalue weighted by Crippen LogP contribution is 2.22. The molecule has 0 saturated carbocycles. The fourth-order valence-corrected chi connectivity index (χ4v) is 1.47. The predicted octanol–water partition coefficient (Wildman–Crippen LogP) is 2.06. The smallest absolute Gasteiger partial charge is 0.218 e. The van der Waals surface area contributed by atoms with Crippen LogP contribution >= 0.6 is 0 Å². The van der Waals surface area contributed by atoms with Gasteiger partial charge in [0.15, 0.2) is 0 Å².